The topological polar surface area (TPSA) is 17.1 Å². The maximum absolute atomic E-state index is 12.0. The van der Waals surface area contributed by atoms with Crippen molar-refractivity contribution in [2.45, 2.75) is 12.8 Å². The largest absolute Gasteiger partial charge is 0.289 e. The minimum Gasteiger partial charge on any atom is -0.289 e. The number of ketones is 1. The molecule has 0 fully saturated rings. The Balaban J connectivity index is 2.24. The van der Waals surface area contributed by atoms with Crippen LogP contribution in [-0.2, 0) is 0 Å². The number of hydrogen-bond donors (Lipinski definition) is 0. The Morgan fingerprint density at radius 2 is 1.87 bits per heavy atom. The fourth-order valence-corrected chi connectivity index (χ4v) is 1.58. The van der Waals surface area contributed by atoms with E-state index in [9.17, 15) is 4.79 Å². The summed E-state index contributed by atoms with van der Waals surface area (Å²) < 4.78 is 0. The number of carbonyl (C=O) groups is 1. The van der Waals surface area contributed by atoms with E-state index in [4.69, 9.17) is 7.85 Å². The van der Waals surface area contributed by atoms with Crippen LogP contribution in [0.25, 0.3) is 0 Å². The van der Waals surface area contributed by atoms with Gasteiger partial charge in [-0.05, 0) is 12.8 Å². The van der Waals surface area contributed by atoms with Gasteiger partial charge in [0.15, 0.2) is 5.78 Å². The number of carbonyl (C=O) groups excluding carboxylic acids is 1. The summed E-state index contributed by atoms with van der Waals surface area (Å²) >= 11 is 0. The number of benzene rings is 1. The Bertz CT molecular complexity index is 426. The number of allylic oxidation sites excluding steroid dienone is 4. The molecule has 15 heavy (non-hydrogen) atoms. The average Bonchev–Trinajstić information content (AvgIpc) is 2.30. The molecule has 1 aromatic rings. The monoisotopic (exact) mass is 194 g/mol. The first-order valence-corrected chi connectivity index (χ1v) is 5.04. The summed E-state index contributed by atoms with van der Waals surface area (Å²) in [6.45, 7) is 0. The van der Waals surface area contributed by atoms with E-state index in [2.05, 4.69) is 0 Å². The van der Waals surface area contributed by atoms with Crippen LogP contribution in [0.15, 0.2) is 48.1 Å². The molecule has 2 radical (unpaired) electrons. The molecule has 0 spiro atoms. The van der Waals surface area contributed by atoms with Crippen LogP contribution in [0.2, 0.25) is 0 Å². The summed E-state index contributed by atoms with van der Waals surface area (Å²) in [6, 6.07) is 7.03. The van der Waals surface area contributed by atoms with Crippen LogP contribution >= 0.6 is 0 Å². The summed E-state index contributed by atoms with van der Waals surface area (Å²) in [5.41, 5.74) is 2.16. The van der Waals surface area contributed by atoms with Gasteiger partial charge >= 0.3 is 0 Å². The maximum Gasteiger partial charge on any atom is 0.192 e. The van der Waals surface area contributed by atoms with Crippen LogP contribution in [0.5, 0.6) is 0 Å². The second-order valence-corrected chi connectivity index (χ2v) is 3.59. The molecule has 1 aliphatic rings. The minimum absolute atomic E-state index is 0.0750. The van der Waals surface area contributed by atoms with Gasteiger partial charge in [-0.25, -0.2) is 0 Å². The molecule has 0 amide bonds. The van der Waals surface area contributed by atoms with Gasteiger partial charge in [0.05, 0.1) is 0 Å². The van der Waals surface area contributed by atoms with Gasteiger partial charge in [-0.15, -0.1) is 0 Å². The maximum atomic E-state index is 12.0. The quantitative estimate of drug-likeness (QED) is 0.519. The van der Waals surface area contributed by atoms with Crippen molar-refractivity contribution in [3.8, 4) is 0 Å². The van der Waals surface area contributed by atoms with Gasteiger partial charge in [0, 0.05) is 11.1 Å². The highest BCUT2D eigenvalue weighted by molar-refractivity contribution is 6.32. The predicted molar refractivity (Wildman–Crippen MR) is 62.6 cm³/mol. The smallest absolute Gasteiger partial charge is 0.192 e. The second kappa shape index (κ2) is 4.30. The Morgan fingerprint density at radius 1 is 1.13 bits per heavy atom. The molecule has 0 heterocycles. The molecule has 0 saturated heterocycles. The molecule has 1 aromatic carbocycles. The van der Waals surface area contributed by atoms with Crippen LogP contribution in [0.4, 0.5) is 0 Å². The van der Waals surface area contributed by atoms with Gasteiger partial charge in [-0.1, -0.05) is 48.0 Å². The van der Waals surface area contributed by atoms with Crippen molar-refractivity contribution >= 4 is 19.1 Å². The lowest BCUT2D eigenvalue weighted by Crippen LogP contribution is -2.06. The molecule has 2 rings (SSSR count). The van der Waals surface area contributed by atoms with Crippen molar-refractivity contribution in [3.63, 3.8) is 0 Å². The van der Waals surface area contributed by atoms with Crippen LogP contribution in [0.1, 0.15) is 23.2 Å². The molecule has 1 aliphatic carbocycles. The average molecular weight is 194 g/mol. The minimum atomic E-state index is 0.0750. The zero-order valence-electron chi connectivity index (χ0n) is 8.44. The van der Waals surface area contributed by atoms with Gasteiger partial charge < -0.3 is 0 Å². The number of rotatable bonds is 2. The summed E-state index contributed by atoms with van der Waals surface area (Å²) in [5.74, 6) is 0.0750. The van der Waals surface area contributed by atoms with Gasteiger partial charge in [0.1, 0.15) is 7.85 Å². The lowest BCUT2D eigenvalue weighted by molar-refractivity contribution is 0.103. The van der Waals surface area contributed by atoms with Gasteiger partial charge in [0.25, 0.3) is 0 Å². The fraction of sp³-hybridized carbons (Fsp3) is 0.154. The molecule has 72 valence electrons. The Labute approximate surface area is 90.9 Å². The standard InChI is InChI=1S/C13H11BO/c14-12-8-6-11(7-9-12)13(15)10-4-2-1-3-5-10/h2,4-9H,1,3H2. The van der Waals surface area contributed by atoms with E-state index in [0.29, 0.717) is 11.0 Å². The van der Waals surface area contributed by atoms with Crippen molar-refractivity contribution < 1.29 is 4.79 Å². The van der Waals surface area contributed by atoms with E-state index in [1.165, 1.54) is 0 Å². The van der Waals surface area contributed by atoms with E-state index in [1.54, 1.807) is 24.3 Å². The molecular formula is C13H11BO. The Hall–Kier alpha value is -1.57. The first-order valence-electron chi connectivity index (χ1n) is 5.04. The number of hydrogen-bond acceptors (Lipinski definition) is 1. The highest BCUT2D eigenvalue weighted by Gasteiger charge is 2.10. The summed E-state index contributed by atoms with van der Waals surface area (Å²) in [6.07, 6.45) is 7.89. The lowest BCUT2D eigenvalue weighted by atomic mass is 9.92. The van der Waals surface area contributed by atoms with Crippen LogP contribution in [0.3, 0.4) is 0 Å². The molecule has 0 aliphatic heterocycles. The molecule has 0 unspecified atom stereocenters. The van der Waals surface area contributed by atoms with Crippen LogP contribution in [0, 0.1) is 0 Å². The molecule has 0 atom stereocenters. The summed E-state index contributed by atoms with van der Waals surface area (Å²) in [5, 5.41) is 0. The van der Waals surface area contributed by atoms with Gasteiger partial charge in [0.2, 0.25) is 0 Å². The van der Waals surface area contributed by atoms with Crippen LogP contribution < -0.4 is 5.46 Å². The van der Waals surface area contributed by atoms with Gasteiger partial charge in [-0.2, -0.15) is 0 Å². The third kappa shape index (κ3) is 2.27. The zero-order chi connectivity index (χ0) is 10.7. The molecule has 0 saturated carbocycles. The predicted octanol–water partition coefficient (Wildman–Crippen LogP) is 1.94. The summed E-state index contributed by atoms with van der Waals surface area (Å²) in [4.78, 5) is 12.0. The van der Waals surface area contributed by atoms with Crippen molar-refractivity contribution in [3.05, 3.63) is 53.6 Å². The lowest BCUT2D eigenvalue weighted by Gasteiger charge is -2.06. The second-order valence-electron chi connectivity index (χ2n) is 3.59. The molecule has 1 nitrogen and oxygen atoms in total. The third-order valence-electron chi connectivity index (χ3n) is 2.43. The van der Waals surface area contributed by atoms with Crippen molar-refractivity contribution in [2.75, 3.05) is 0 Å². The first-order chi connectivity index (χ1) is 7.27. The Kier molecular flexibility index (Phi) is 2.86. The molecule has 2 heteroatoms. The summed E-state index contributed by atoms with van der Waals surface area (Å²) in [7, 11) is 5.57. The van der Waals surface area contributed by atoms with Crippen LogP contribution in [-0.4, -0.2) is 13.6 Å². The molecule has 0 aromatic heterocycles. The first kappa shape index (κ1) is 9.97. The SMILES string of the molecule is [B]c1ccc(C(=O)C2=CCCC=C2)cc1. The van der Waals surface area contributed by atoms with Crippen molar-refractivity contribution in [2.24, 2.45) is 0 Å². The fourth-order valence-electron chi connectivity index (χ4n) is 1.58. The highest BCUT2D eigenvalue weighted by atomic mass is 16.1. The molecule has 0 N–H and O–H groups in total. The van der Waals surface area contributed by atoms with E-state index in [-0.39, 0.29) is 5.78 Å². The molecular weight excluding hydrogens is 183 g/mol. The van der Waals surface area contributed by atoms with E-state index < -0.39 is 0 Å². The van der Waals surface area contributed by atoms with Crippen molar-refractivity contribution in [1.29, 1.82) is 0 Å². The number of Topliss-reactive ketones (excluding diaryl/α,β-unsaturated/α-hetero) is 1. The highest BCUT2D eigenvalue weighted by Crippen LogP contribution is 2.14. The Morgan fingerprint density at radius 3 is 2.47 bits per heavy atom. The van der Waals surface area contributed by atoms with E-state index in [0.717, 1.165) is 18.4 Å². The van der Waals surface area contributed by atoms with E-state index >= 15 is 0 Å². The van der Waals surface area contributed by atoms with Gasteiger partial charge in [-0.3, -0.25) is 4.79 Å². The normalized spacial score (nSPS) is 14.8. The van der Waals surface area contributed by atoms with E-state index in [1.807, 2.05) is 18.2 Å². The van der Waals surface area contributed by atoms with Crippen molar-refractivity contribution in [1.82, 2.24) is 0 Å². The zero-order valence-corrected chi connectivity index (χ0v) is 8.44. The third-order valence-corrected chi connectivity index (χ3v) is 2.43. The molecule has 0 bridgehead atoms.